The predicted molar refractivity (Wildman–Crippen MR) is 93.5 cm³/mol. The zero-order valence-corrected chi connectivity index (χ0v) is 14.8. The first-order chi connectivity index (χ1) is 9.72. The van der Waals surface area contributed by atoms with Crippen molar-refractivity contribution in [2.75, 3.05) is 12.0 Å². The van der Waals surface area contributed by atoms with Crippen LogP contribution in [0.25, 0.3) is 0 Å². The second-order valence-corrected chi connectivity index (χ2v) is 7.12. The van der Waals surface area contributed by atoms with Crippen LogP contribution >= 0.6 is 39.5 Å². The molecule has 1 nitrogen and oxygen atoms in total. The van der Waals surface area contributed by atoms with E-state index in [1.165, 1.54) is 16.2 Å². The van der Waals surface area contributed by atoms with Gasteiger partial charge in [0.15, 0.2) is 0 Å². The van der Waals surface area contributed by atoms with Crippen LogP contribution in [0.1, 0.15) is 13.3 Å². The summed E-state index contributed by atoms with van der Waals surface area (Å²) in [6, 6.07) is 14.2. The Morgan fingerprint density at radius 1 is 1.00 bits per heavy atom. The highest BCUT2D eigenvalue weighted by molar-refractivity contribution is 9.10. The van der Waals surface area contributed by atoms with Crippen molar-refractivity contribution in [1.82, 2.24) is 0 Å². The normalized spacial score (nSPS) is 10.6. The topological polar surface area (TPSA) is 9.23 Å². The maximum Gasteiger partial charge on any atom is 0.128 e. The number of rotatable bonds is 6. The van der Waals surface area contributed by atoms with E-state index < -0.39 is 0 Å². The number of halogens is 1. The third-order valence-electron chi connectivity index (χ3n) is 2.65. The monoisotopic (exact) mass is 368 g/mol. The average Bonchev–Trinajstić information content (AvgIpc) is 2.47. The van der Waals surface area contributed by atoms with Crippen LogP contribution in [-0.2, 0) is 0 Å². The molecule has 2 aromatic carbocycles. The molecule has 0 N–H and O–H groups in total. The summed E-state index contributed by atoms with van der Waals surface area (Å²) in [7, 11) is 0. The van der Waals surface area contributed by atoms with Gasteiger partial charge in [0.2, 0.25) is 0 Å². The number of hydrogen-bond acceptors (Lipinski definition) is 3. The molecule has 0 aliphatic heterocycles. The summed E-state index contributed by atoms with van der Waals surface area (Å²) in [6.45, 7) is 2.20. The second-order valence-electron chi connectivity index (χ2n) is 4.22. The van der Waals surface area contributed by atoms with Crippen molar-refractivity contribution in [3.05, 3.63) is 46.9 Å². The van der Waals surface area contributed by atoms with Crippen molar-refractivity contribution < 1.29 is 4.74 Å². The lowest BCUT2D eigenvalue weighted by Gasteiger charge is -2.11. The fourth-order valence-corrected chi connectivity index (χ4v) is 3.67. The molecule has 0 aromatic heterocycles. The Morgan fingerprint density at radius 3 is 2.35 bits per heavy atom. The molecule has 0 aliphatic carbocycles. The van der Waals surface area contributed by atoms with Crippen molar-refractivity contribution in [1.29, 1.82) is 0 Å². The van der Waals surface area contributed by atoms with Crippen LogP contribution in [-0.4, -0.2) is 12.0 Å². The molecular weight excluding hydrogens is 352 g/mol. The standard InChI is InChI=1S/C16H17BrOS2/c1-3-10-20-16-11-14(8-9-15(16)19-2)18-13-6-4-12(17)5-7-13/h4-9,11H,3,10H2,1-2H3. The van der Waals surface area contributed by atoms with Gasteiger partial charge in [-0.15, -0.1) is 23.5 Å². The summed E-state index contributed by atoms with van der Waals surface area (Å²) in [5.41, 5.74) is 0. The van der Waals surface area contributed by atoms with E-state index in [1.807, 2.05) is 42.1 Å². The largest absolute Gasteiger partial charge is 0.457 e. The smallest absolute Gasteiger partial charge is 0.128 e. The first kappa shape index (κ1) is 15.8. The fourth-order valence-electron chi connectivity index (χ4n) is 1.68. The molecule has 0 aliphatic rings. The maximum atomic E-state index is 5.91. The lowest BCUT2D eigenvalue weighted by atomic mass is 10.3. The molecule has 0 bridgehead atoms. The molecule has 0 heterocycles. The molecule has 0 spiro atoms. The van der Waals surface area contributed by atoms with E-state index in [0.717, 1.165) is 21.7 Å². The number of thioether (sulfide) groups is 2. The molecule has 0 saturated heterocycles. The van der Waals surface area contributed by atoms with Crippen LogP contribution < -0.4 is 4.74 Å². The van der Waals surface area contributed by atoms with E-state index in [1.54, 1.807) is 11.8 Å². The van der Waals surface area contributed by atoms with Gasteiger partial charge in [0, 0.05) is 14.3 Å². The Labute approximate surface area is 137 Å². The van der Waals surface area contributed by atoms with E-state index >= 15 is 0 Å². The zero-order chi connectivity index (χ0) is 14.4. The van der Waals surface area contributed by atoms with Gasteiger partial charge in [-0.05, 0) is 60.9 Å². The highest BCUT2D eigenvalue weighted by Crippen LogP contribution is 2.34. The molecule has 0 unspecified atom stereocenters. The lowest BCUT2D eigenvalue weighted by molar-refractivity contribution is 0.480. The van der Waals surface area contributed by atoms with Crippen molar-refractivity contribution in [2.24, 2.45) is 0 Å². The Balaban J connectivity index is 2.17. The first-order valence-electron chi connectivity index (χ1n) is 6.47. The number of hydrogen-bond donors (Lipinski definition) is 0. The summed E-state index contributed by atoms with van der Waals surface area (Å²) < 4.78 is 6.97. The third-order valence-corrected chi connectivity index (χ3v) is 5.36. The molecular formula is C16H17BrOS2. The van der Waals surface area contributed by atoms with Crippen LogP contribution in [0.3, 0.4) is 0 Å². The fraction of sp³-hybridized carbons (Fsp3) is 0.250. The highest BCUT2D eigenvalue weighted by atomic mass is 79.9. The minimum Gasteiger partial charge on any atom is -0.457 e. The Kier molecular flexibility index (Phi) is 6.33. The molecule has 20 heavy (non-hydrogen) atoms. The van der Waals surface area contributed by atoms with Gasteiger partial charge in [-0.1, -0.05) is 22.9 Å². The van der Waals surface area contributed by atoms with Crippen LogP contribution in [0.4, 0.5) is 0 Å². The van der Waals surface area contributed by atoms with Crippen molar-refractivity contribution in [3.8, 4) is 11.5 Å². The van der Waals surface area contributed by atoms with E-state index in [0.29, 0.717) is 0 Å². The van der Waals surface area contributed by atoms with Gasteiger partial charge in [-0.25, -0.2) is 0 Å². The van der Waals surface area contributed by atoms with Crippen LogP contribution in [0.2, 0.25) is 0 Å². The second kappa shape index (κ2) is 8.01. The zero-order valence-electron chi connectivity index (χ0n) is 11.6. The molecule has 4 heteroatoms. The van der Waals surface area contributed by atoms with Gasteiger partial charge in [-0.2, -0.15) is 0 Å². The summed E-state index contributed by atoms with van der Waals surface area (Å²) in [6.07, 6.45) is 3.29. The van der Waals surface area contributed by atoms with E-state index in [2.05, 4.69) is 41.2 Å². The van der Waals surface area contributed by atoms with E-state index in [-0.39, 0.29) is 0 Å². The Bertz CT molecular complexity index is 555. The van der Waals surface area contributed by atoms with Crippen molar-refractivity contribution in [2.45, 2.75) is 23.1 Å². The Hall–Kier alpha value is -0.580. The molecule has 106 valence electrons. The van der Waals surface area contributed by atoms with Crippen molar-refractivity contribution >= 4 is 39.5 Å². The van der Waals surface area contributed by atoms with Gasteiger partial charge in [-0.3, -0.25) is 0 Å². The van der Waals surface area contributed by atoms with Gasteiger partial charge in [0.1, 0.15) is 11.5 Å². The first-order valence-corrected chi connectivity index (χ1v) is 9.47. The van der Waals surface area contributed by atoms with Gasteiger partial charge in [0.25, 0.3) is 0 Å². The number of ether oxygens (including phenoxy) is 1. The van der Waals surface area contributed by atoms with Gasteiger partial charge >= 0.3 is 0 Å². The highest BCUT2D eigenvalue weighted by Gasteiger charge is 2.05. The van der Waals surface area contributed by atoms with Crippen LogP contribution in [0.15, 0.2) is 56.7 Å². The van der Waals surface area contributed by atoms with Crippen molar-refractivity contribution in [3.63, 3.8) is 0 Å². The average molecular weight is 369 g/mol. The minimum absolute atomic E-state index is 0.858. The molecule has 0 saturated carbocycles. The van der Waals surface area contributed by atoms with Gasteiger partial charge < -0.3 is 4.74 Å². The number of benzene rings is 2. The summed E-state index contributed by atoms with van der Waals surface area (Å²) >= 11 is 7.10. The summed E-state index contributed by atoms with van der Waals surface area (Å²) in [4.78, 5) is 2.61. The lowest BCUT2D eigenvalue weighted by Crippen LogP contribution is -1.87. The SMILES string of the molecule is CCCSc1cc(Oc2ccc(Br)cc2)ccc1SC. The quantitative estimate of drug-likeness (QED) is 0.541. The summed E-state index contributed by atoms with van der Waals surface area (Å²) in [5.74, 6) is 2.88. The molecule has 2 aromatic rings. The molecule has 0 radical (unpaired) electrons. The molecule has 2 rings (SSSR count). The minimum atomic E-state index is 0.858. The molecule has 0 atom stereocenters. The Morgan fingerprint density at radius 2 is 1.70 bits per heavy atom. The van der Waals surface area contributed by atoms with E-state index in [4.69, 9.17) is 4.74 Å². The molecule has 0 fully saturated rings. The predicted octanol–water partition coefficient (Wildman–Crippen LogP) is 6.47. The molecule has 0 amide bonds. The maximum absolute atomic E-state index is 5.91. The van der Waals surface area contributed by atoms with Crippen LogP contribution in [0.5, 0.6) is 11.5 Å². The van der Waals surface area contributed by atoms with E-state index in [9.17, 15) is 0 Å². The third kappa shape index (κ3) is 4.47. The van der Waals surface area contributed by atoms with Gasteiger partial charge in [0.05, 0.1) is 0 Å². The summed E-state index contributed by atoms with van der Waals surface area (Å²) in [5, 5.41) is 0. The van der Waals surface area contributed by atoms with Crippen LogP contribution in [0, 0.1) is 0 Å².